The van der Waals surface area contributed by atoms with E-state index in [-0.39, 0.29) is 0 Å². The number of ether oxygens (including phenoxy) is 1. The van der Waals surface area contributed by atoms with Crippen molar-refractivity contribution in [3.63, 3.8) is 0 Å². The predicted molar refractivity (Wildman–Crippen MR) is 111 cm³/mol. The van der Waals surface area contributed by atoms with Gasteiger partial charge in [-0.05, 0) is 36.1 Å². The maximum Gasteiger partial charge on any atom is 0.133 e. The van der Waals surface area contributed by atoms with E-state index in [0.29, 0.717) is 11.7 Å². The molecule has 0 aliphatic carbocycles. The van der Waals surface area contributed by atoms with Crippen molar-refractivity contribution in [1.29, 1.82) is 0 Å². The third-order valence-corrected chi connectivity index (χ3v) is 4.62. The van der Waals surface area contributed by atoms with Crippen LogP contribution >= 0.6 is 11.6 Å². The van der Waals surface area contributed by atoms with Crippen molar-refractivity contribution in [1.82, 2.24) is 10.3 Å². The standard InChI is InChI=1S/C23H25ClN2O/c1-2-12-27-22-11-7-6-10-20(22)16-25-17-21-14-19(15-26-23(21)24)13-18-8-4-3-5-9-18/h3-11,14-15,25H,2,12-13,16-17H2,1H3. The fraction of sp³-hybridized carbons (Fsp3) is 0.261. The number of benzene rings is 2. The van der Waals surface area contributed by atoms with Gasteiger partial charge in [0.15, 0.2) is 0 Å². The van der Waals surface area contributed by atoms with E-state index >= 15 is 0 Å². The molecule has 0 radical (unpaired) electrons. The number of hydrogen-bond acceptors (Lipinski definition) is 3. The molecule has 0 atom stereocenters. The van der Waals surface area contributed by atoms with Gasteiger partial charge in [-0.2, -0.15) is 0 Å². The van der Waals surface area contributed by atoms with Crippen molar-refractivity contribution < 1.29 is 4.74 Å². The number of halogens is 1. The Morgan fingerprint density at radius 1 is 0.926 bits per heavy atom. The van der Waals surface area contributed by atoms with Crippen LogP contribution < -0.4 is 10.1 Å². The fourth-order valence-electron chi connectivity index (χ4n) is 2.93. The summed E-state index contributed by atoms with van der Waals surface area (Å²) in [5.41, 5.74) is 4.59. The quantitative estimate of drug-likeness (QED) is 0.504. The second-order valence-electron chi connectivity index (χ2n) is 6.52. The summed E-state index contributed by atoms with van der Waals surface area (Å²) in [5, 5.41) is 4.01. The number of pyridine rings is 1. The van der Waals surface area contributed by atoms with Crippen LogP contribution in [0.5, 0.6) is 5.75 Å². The summed E-state index contributed by atoms with van der Waals surface area (Å²) in [6.45, 7) is 4.22. The van der Waals surface area contributed by atoms with E-state index < -0.39 is 0 Å². The first-order chi connectivity index (χ1) is 13.3. The van der Waals surface area contributed by atoms with Crippen molar-refractivity contribution in [2.45, 2.75) is 32.9 Å². The van der Waals surface area contributed by atoms with Crippen LogP contribution in [-0.4, -0.2) is 11.6 Å². The van der Waals surface area contributed by atoms with Gasteiger partial charge in [0.1, 0.15) is 10.9 Å². The van der Waals surface area contributed by atoms with Crippen molar-refractivity contribution in [2.24, 2.45) is 0 Å². The van der Waals surface area contributed by atoms with Gasteiger partial charge in [-0.25, -0.2) is 4.98 Å². The number of nitrogens with zero attached hydrogens (tertiary/aromatic N) is 1. The van der Waals surface area contributed by atoms with Gasteiger partial charge in [0.25, 0.3) is 0 Å². The minimum absolute atomic E-state index is 0.551. The Labute approximate surface area is 166 Å². The smallest absolute Gasteiger partial charge is 0.133 e. The van der Waals surface area contributed by atoms with Crippen LogP contribution in [0.3, 0.4) is 0 Å². The Balaban J connectivity index is 1.62. The lowest BCUT2D eigenvalue weighted by Gasteiger charge is -2.12. The molecule has 0 aliphatic rings. The molecule has 0 spiro atoms. The summed E-state index contributed by atoms with van der Waals surface area (Å²) in [7, 11) is 0. The lowest BCUT2D eigenvalue weighted by Crippen LogP contribution is -2.14. The first-order valence-electron chi connectivity index (χ1n) is 9.35. The maximum atomic E-state index is 6.30. The van der Waals surface area contributed by atoms with E-state index in [1.54, 1.807) is 0 Å². The summed E-state index contributed by atoms with van der Waals surface area (Å²) >= 11 is 6.30. The van der Waals surface area contributed by atoms with Gasteiger partial charge in [0.2, 0.25) is 0 Å². The van der Waals surface area contributed by atoms with Crippen LogP contribution in [0.2, 0.25) is 5.15 Å². The Kier molecular flexibility index (Phi) is 7.26. The van der Waals surface area contributed by atoms with E-state index in [4.69, 9.17) is 16.3 Å². The van der Waals surface area contributed by atoms with Crippen LogP contribution in [0.25, 0.3) is 0 Å². The van der Waals surface area contributed by atoms with Crippen LogP contribution in [-0.2, 0) is 19.5 Å². The van der Waals surface area contributed by atoms with E-state index in [1.165, 1.54) is 5.56 Å². The van der Waals surface area contributed by atoms with Gasteiger partial charge in [-0.1, -0.05) is 67.1 Å². The molecule has 0 fully saturated rings. The van der Waals surface area contributed by atoms with Gasteiger partial charge in [-0.15, -0.1) is 0 Å². The van der Waals surface area contributed by atoms with Gasteiger partial charge >= 0.3 is 0 Å². The normalized spacial score (nSPS) is 10.7. The molecule has 1 heterocycles. The summed E-state index contributed by atoms with van der Waals surface area (Å²) < 4.78 is 5.82. The van der Waals surface area contributed by atoms with Crippen molar-refractivity contribution >= 4 is 11.6 Å². The Morgan fingerprint density at radius 2 is 1.67 bits per heavy atom. The van der Waals surface area contributed by atoms with Crippen molar-refractivity contribution in [3.05, 3.63) is 94.3 Å². The first kappa shape index (κ1) is 19.4. The third kappa shape index (κ3) is 5.81. The first-order valence-corrected chi connectivity index (χ1v) is 9.72. The van der Waals surface area contributed by atoms with Gasteiger partial charge in [0.05, 0.1) is 6.61 Å². The maximum absolute atomic E-state index is 6.30. The highest BCUT2D eigenvalue weighted by Gasteiger charge is 2.07. The summed E-state index contributed by atoms with van der Waals surface area (Å²) in [6.07, 6.45) is 3.70. The van der Waals surface area contributed by atoms with Crippen molar-refractivity contribution in [3.8, 4) is 5.75 Å². The molecule has 3 rings (SSSR count). The molecule has 0 saturated heterocycles. The van der Waals surface area contributed by atoms with Gasteiger partial charge < -0.3 is 10.1 Å². The SMILES string of the molecule is CCCOc1ccccc1CNCc1cc(Cc2ccccc2)cnc1Cl. The number of para-hydroxylation sites is 1. The molecular formula is C23H25ClN2O. The molecule has 140 valence electrons. The minimum Gasteiger partial charge on any atom is -0.493 e. The molecule has 4 heteroatoms. The predicted octanol–water partition coefficient (Wildman–Crippen LogP) is 5.40. The molecule has 0 bridgehead atoms. The molecule has 3 nitrogen and oxygen atoms in total. The Morgan fingerprint density at radius 3 is 2.48 bits per heavy atom. The monoisotopic (exact) mass is 380 g/mol. The number of hydrogen-bond donors (Lipinski definition) is 1. The highest BCUT2D eigenvalue weighted by atomic mass is 35.5. The molecule has 1 aromatic heterocycles. The van der Waals surface area contributed by atoms with Gasteiger partial charge in [0, 0.05) is 30.4 Å². The Bertz CT molecular complexity index is 852. The molecule has 0 amide bonds. The van der Waals surface area contributed by atoms with Crippen LogP contribution in [0.15, 0.2) is 66.9 Å². The molecule has 0 aliphatic heterocycles. The summed E-state index contributed by atoms with van der Waals surface area (Å²) in [6, 6.07) is 20.7. The lowest BCUT2D eigenvalue weighted by atomic mass is 10.1. The van der Waals surface area contributed by atoms with Crippen LogP contribution in [0.1, 0.15) is 35.6 Å². The zero-order chi connectivity index (χ0) is 18.9. The highest BCUT2D eigenvalue weighted by molar-refractivity contribution is 6.30. The van der Waals surface area contributed by atoms with Crippen LogP contribution in [0, 0.1) is 0 Å². The molecule has 3 aromatic rings. The number of aromatic nitrogens is 1. The number of nitrogens with one attached hydrogen (secondary N) is 1. The number of rotatable bonds is 9. The van der Waals surface area contributed by atoms with E-state index in [9.17, 15) is 0 Å². The third-order valence-electron chi connectivity index (χ3n) is 4.28. The van der Waals surface area contributed by atoms with E-state index in [0.717, 1.165) is 48.4 Å². The summed E-state index contributed by atoms with van der Waals surface area (Å²) in [4.78, 5) is 4.36. The second-order valence-corrected chi connectivity index (χ2v) is 6.87. The van der Waals surface area contributed by atoms with E-state index in [1.807, 2.05) is 30.5 Å². The molecular weight excluding hydrogens is 356 g/mol. The zero-order valence-electron chi connectivity index (χ0n) is 15.6. The van der Waals surface area contributed by atoms with Crippen molar-refractivity contribution in [2.75, 3.05) is 6.61 Å². The lowest BCUT2D eigenvalue weighted by molar-refractivity contribution is 0.313. The average molecular weight is 381 g/mol. The second kappa shape index (κ2) is 10.1. The average Bonchev–Trinajstić information content (AvgIpc) is 2.70. The minimum atomic E-state index is 0.551. The van der Waals surface area contributed by atoms with Gasteiger partial charge in [-0.3, -0.25) is 0 Å². The summed E-state index contributed by atoms with van der Waals surface area (Å²) in [5.74, 6) is 0.939. The molecule has 27 heavy (non-hydrogen) atoms. The largest absolute Gasteiger partial charge is 0.493 e. The molecule has 0 saturated carbocycles. The highest BCUT2D eigenvalue weighted by Crippen LogP contribution is 2.20. The topological polar surface area (TPSA) is 34.1 Å². The van der Waals surface area contributed by atoms with E-state index in [2.05, 4.69) is 53.6 Å². The molecule has 1 N–H and O–H groups in total. The fourth-order valence-corrected chi connectivity index (χ4v) is 3.10. The molecule has 2 aromatic carbocycles. The zero-order valence-corrected chi connectivity index (χ0v) is 16.4. The molecule has 0 unspecified atom stereocenters. The van der Waals surface area contributed by atoms with Crippen LogP contribution in [0.4, 0.5) is 0 Å². The Hall–Kier alpha value is -2.36.